The molecule has 2 atom stereocenters. The van der Waals surface area contributed by atoms with Crippen LogP contribution in [0.4, 0.5) is 4.79 Å². The second-order valence-corrected chi connectivity index (χ2v) is 5.84. The van der Waals surface area contributed by atoms with Crippen LogP contribution in [0.15, 0.2) is 16.8 Å². The van der Waals surface area contributed by atoms with Crippen LogP contribution in [-0.4, -0.2) is 51.7 Å². The second kappa shape index (κ2) is 9.26. The molecule has 0 bridgehead atoms. The number of alkyl carbamates (subject to hydrolysis) is 1. The zero-order chi connectivity index (χ0) is 17.3. The molecule has 0 aliphatic heterocycles. The van der Waals surface area contributed by atoms with Crippen molar-refractivity contribution < 1.29 is 24.9 Å². The van der Waals surface area contributed by atoms with Crippen molar-refractivity contribution in [3.8, 4) is 0 Å². The molecular weight excluding hydrogens is 290 g/mol. The lowest BCUT2D eigenvalue weighted by molar-refractivity contribution is 0.0422. The molecule has 0 heterocycles. The fourth-order valence-electron chi connectivity index (χ4n) is 1.57. The highest BCUT2D eigenvalue weighted by Crippen LogP contribution is 2.09. The van der Waals surface area contributed by atoms with Gasteiger partial charge < -0.3 is 31.1 Å². The Balaban J connectivity index is 4.86. The van der Waals surface area contributed by atoms with Crippen LogP contribution in [0.1, 0.15) is 40.5 Å². The Kier molecular flexibility index (Phi) is 8.51. The monoisotopic (exact) mass is 318 g/mol. The van der Waals surface area contributed by atoms with Gasteiger partial charge in [0, 0.05) is 0 Å². The van der Waals surface area contributed by atoms with Crippen LogP contribution in [0, 0.1) is 0 Å². The lowest BCUT2D eigenvalue weighted by Crippen LogP contribution is -2.45. The SMILES string of the molecule is CCC[C@H](NC(=O)OC(C)(C)C)C(O)/N=C(N)\C=C(/[OH2+])CO. The number of hydrogen-bond acceptors (Lipinski definition) is 5. The van der Waals surface area contributed by atoms with Crippen molar-refractivity contribution in [1.82, 2.24) is 5.32 Å². The maximum Gasteiger partial charge on any atom is 0.408 e. The molecule has 7 N–H and O–H groups in total. The number of aliphatic hydroxyl groups excluding tert-OH is 2. The van der Waals surface area contributed by atoms with Gasteiger partial charge in [-0.05, 0) is 27.2 Å². The third kappa shape index (κ3) is 9.19. The quantitative estimate of drug-likeness (QED) is 0.225. The highest BCUT2D eigenvalue weighted by molar-refractivity contribution is 5.91. The van der Waals surface area contributed by atoms with E-state index in [0.29, 0.717) is 12.8 Å². The molecule has 1 amide bonds. The highest BCUT2D eigenvalue weighted by Gasteiger charge is 2.23. The van der Waals surface area contributed by atoms with Crippen molar-refractivity contribution in [1.29, 1.82) is 0 Å². The third-order valence-corrected chi connectivity index (χ3v) is 2.44. The number of nitrogens with zero attached hydrogens (tertiary/aromatic N) is 1. The van der Waals surface area contributed by atoms with E-state index >= 15 is 0 Å². The number of amidine groups is 1. The van der Waals surface area contributed by atoms with Gasteiger partial charge in [0.25, 0.3) is 5.76 Å². The fourth-order valence-corrected chi connectivity index (χ4v) is 1.57. The number of carbonyl (C=O) groups is 1. The van der Waals surface area contributed by atoms with Crippen molar-refractivity contribution in [2.24, 2.45) is 10.7 Å². The third-order valence-electron chi connectivity index (χ3n) is 2.44. The number of carbonyl (C=O) groups excluding carboxylic acids is 1. The molecule has 0 fully saturated rings. The Bertz CT molecular complexity index is 415. The largest absolute Gasteiger partial charge is 0.595 e. The molecule has 8 heteroatoms. The average Bonchev–Trinajstić information content (AvgIpc) is 2.35. The van der Waals surface area contributed by atoms with Gasteiger partial charge in [0.1, 0.15) is 18.0 Å². The van der Waals surface area contributed by atoms with Gasteiger partial charge in [-0.2, -0.15) is 0 Å². The molecule has 128 valence electrons. The summed E-state index contributed by atoms with van der Waals surface area (Å²) in [6.07, 6.45) is 0.415. The van der Waals surface area contributed by atoms with E-state index in [9.17, 15) is 9.90 Å². The Morgan fingerprint density at radius 1 is 1.50 bits per heavy atom. The molecule has 0 saturated carbocycles. The molecule has 0 aromatic carbocycles. The summed E-state index contributed by atoms with van der Waals surface area (Å²) in [4.78, 5) is 15.6. The number of amides is 1. The summed E-state index contributed by atoms with van der Waals surface area (Å²) in [6, 6.07) is -0.657. The Morgan fingerprint density at radius 2 is 2.09 bits per heavy atom. The minimum atomic E-state index is -1.27. The highest BCUT2D eigenvalue weighted by atomic mass is 16.6. The molecule has 0 saturated heterocycles. The van der Waals surface area contributed by atoms with Gasteiger partial charge in [0.05, 0.1) is 12.1 Å². The minimum Gasteiger partial charge on any atom is -0.595 e. The van der Waals surface area contributed by atoms with Gasteiger partial charge in [-0.3, -0.25) is 0 Å². The maximum atomic E-state index is 11.8. The number of ether oxygens (including phenoxy) is 1. The van der Waals surface area contributed by atoms with Crippen LogP contribution >= 0.6 is 0 Å². The lowest BCUT2D eigenvalue weighted by Gasteiger charge is -2.25. The first-order valence-electron chi connectivity index (χ1n) is 7.13. The zero-order valence-electron chi connectivity index (χ0n) is 13.6. The standard InChI is InChI=1S/C14H27N3O5/c1-5-6-10(16-13(21)22-14(2,3)4)12(20)17-11(15)7-9(19)8-18/h7,10,12,18-20H,5-6,8H2,1-4H3,(H2,15,17)(H,16,21)/p+1/b9-7-/t10-,12?/m0/s1. The average molecular weight is 318 g/mol. The normalized spacial score (nSPS) is 16.1. The molecule has 1 unspecified atom stereocenters. The van der Waals surface area contributed by atoms with Gasteiger partial charge in [-0.25, -0.2) is 9.79 Å². The Hall–Kier alpha value is -1.80. The summed E-state index contributed by atoms with van der Waals surface area (Å²) in [5, 5.41) is 28.6. The molecule has 8 nitrogen and oxygen atoms in total. The molecule has 0 aliphatic carbocycles. The van der Waals surface area contributed by atoms with E-state index in [0.717, 1.165) is 6.08 Å². The Morgan fingerprint density at radius 3 is 2.55 bits per heavy atom. The number of aliphatic hydroxyl groups is 2. The summed E-state index contributed by atoms with van der Waals surface area (Å²) in [5.41, 5.74) is 4.92. The predicted octanol–water partition coefficient (Wildman–Crippen LogP) is -0.0438. The summed E-state index contributed by atoms with van der Waals surface area (Å²) in [5.74, 6) is -0.223. The molecule has 0 aliphatic rings. The Labute approximate surface area is 130 Å². The van der Waals surface area contributed by atoms with Crippen LogP contribution in [0.3, 0.4) is 0 Å². The molecule has 0 aromatic heterocycles. The van der Waals surface area contributed by atoms with E-state index in [2.05, 4.69) is 10.3 Å². The van der Waals surface area contributed by atoms with Gasteiger partial charge >= 0.3 is 6.09 Å². The van der Waals surface area contributed by atoms with Gasteiger partial charge in [-0.1, -0.05) is 13.3 Å². The molecule has 0 spiro atoms. The van der Waals surface area contributed by atoms with E-state index in [1.165, 1.54) is 0 Å². The summed E-state index contributed by atoms with van der Waals surface area (Å²) in [6.45, 7) is 6.65. The number of aliphatic imine (C=N–C) groups is 1. The molecule has 22 heavy (non-hydrogen) atoms. The first-order chi connectivity index (χ1) is 10.1. The predicted molar refractivity (Wildman–Crippen MR) is 84.5 cm³/mol. The van der Waals surface area contributed by atoms with Crippen molar-refractivity contribution in [3.63, 3.8) is 0 Å². The lowest BCUT2D eigenvalue weighted by atomic mass is 10.1. The topological polar surface area (TPSA) is 140 Å². The maximum absolute atomic E-state index is 11.8. The van der Waals surface area contributed by atoms with Crippen molar-refractivity contribution in [3.05, 3.63) is 11.8 Å². The number of nitrogens with two attached hydrogens (primary N) is 1. The van der Waals surface area contributed by atoms with Gasteiger partial charge in [0.2, 0.25) is 0 Å². The second-order valence-electron chi connectivity index (χ2n) is 5.84. The van der Waals surface area contributed by atoms with E-state index < -0.39 is 30.6 Å². The van der Waals surface area contributed by atoms with E-state index in [-0.39, 0.29) is 11.6 Å². The van der Waals surface area contributed by atoms with E-state index in [1.54, 1.807) is 20.8 Å². The summed E-state index contributed by atoms with van der Waals surface area (Å²) < 4.78 is 5.14. The fraction of sp³-hybridized carbons (Fsp3) is 0.714. The molecule has 0 radical (unpaired) electrons. The van der Waals surface area contributed by atoms with E-state index in [4.69, 9.17) is 20.7 Å². The van der Waals surface area contributed by atoms with E-state index in [1.807, 2.05) is 6.92 Å². The minimum absolute atomic E-state index is 0.0985. The summed E-state index contributed by atoms with van der Waals surface area (Å²) >= 11 is 0. The number of rotatable bonds is 7. The van der Waals surface area contributed by atoms with Crippen LogP contribution in [0.2, 0.25) is 0 Å². The van der Waals surface area contributed by atoms with Crippen LogP contribution in [0.5, 0.6) is 0 Å². The smallest absolute Gasteiger partial charge is 0.408 e. The zero-order valence-corrected chi connectivity index (χ0v) is 13.6. The number of nitrogens with one attached hydrogen (secondary N) is 1. The van der Waals surface area contributed by atoms with Gasteiger partial charge in [-0.15, -0.1) is 0 Å². The van der Waals surface area contributed by atoms with Crippen LogP contribution < -0.4 is 11.1 Å². The number of hydrogen-bond donors (Lipinski definition) is 4. The molecular formula is C14H28N3O5+. The van der Waals surface area contributed by atoms with Gasteiger partial charge in [0.15, 0.2) is 6.23 Å². The summed E-state index contributed by atoms with van der Waals surface area (Å²) in [7, 11) is 0. The van der Waals surface area contributed by atoms with Crippen LogP contribution in [-0.2, 0) is 4.74 Å². The molecule has 0 rings (SSSR count). The van der Waals surface area contributed by atoms with Crippen LogP contribution in [0.25, 0.3) is 0 Å². The van der Waals surface area contributed by atoms with Crippen molar-refractivity contribution in [2.45, 2.75) is 58.4 Å². The molecule has 0 aromatic rings. The first kappa shape index (κ1) is 20.2. The van der Waals surface area contributed by atoms with Crippen molar-refractivity contribution >= 4 is 11.9 Å². The first-order valence-corrected chi connectivity index (χ1v) is 7.13. The van der Waals surface area contributed by atoms with Crippen molar-refractivity contribution in [2.75, 3.05) is 6.61 Å².